The zero-order chi connectivity index (χ0) is 21.2. The number of urea groups is 1. The number of nitrogens with zero attached hydrogens (tertiary/aromatic N) is 2. The van der Waals surface area contributed by atoms with Gasteiger partial charge in [0.15, 0.2) is 11.5 Å². The molecule has 29 heavy (non-hydrogen) atoms. The van der Waals surface area contributed by atoms with Gasteiger partial charge in [-0.05, 0) is 36.8 Å². The molecule has 0 saturated carbocycles. The van der Waals surface area contributed by atoms with Crippen molar-refractivity contribution >= 4 is 23.5 Å². The highest BCUT2D eigenvalue weighted by atomic mass is 16.5. The lowest BCUT2D eigenvalue weighted by atomic mass is 9.91. The first-order valence-corrected chi connectivity index (χ1v) is 9.00. The summed E-state index contributed by atoms with van der Waals surface area (Å²) >= 11 is 0. The van der Waals surface area contributed by atoms with Crippen molar-refractivity contribution < 1.29 is 23.9 Å². The summed E-state index contributed by atoms with van der Waals surface area (Å²) in [6.07, 6.45) is 0. The summed E-state index contributed by atoms with van der Waals surface area (Å²) in [5, 5.41) is 2.69. The van der Waals surface area contributed by atoms with Crippen LogP contribution in [-0.4, -0.2) is 50.6 Å². The second kappa shape index (κ2) is 7.83. The van der Waals surface area contributed by atoms with Gasteiger partial charge in [-0.2, -0.15) is 0 Å². The van der Waals surface area contributed by atoms with Crippen LogP contribution < -0.4 is 19.7 Å². The number of para-hydroxylation sites is 1. The minimum atomic E-state index is -1.32. The van der Waals surface area contributed by atoms with E-state index in [1.165, 1.54) is 19.1 Å². The molecule has 8 heteroatoms. The fourth-order valence-electron chi connectivity index (χ4n) is 3.22. The van der Waals surface area contributed by atoms with E-state index in [2.05, 4.69) is 5.32 Å². The molecule has 2 aromatic rings. The minimum Gasteiger partial charge on any atom is -0.493 e. The number of carbonyl (C=O) groups excluding carboxylic acids is 3. The smallest absolute Gasteiger partial charge is 0.325 e. The number of methoxy groups -OCH3 is 2. The molecule has 1 saturated heterocycles. The highest BCUT2D eigenvalue weighted by molar-refractivity contribution is 6.10. The Morgan fingerprint density at radius 2 is 1.72 bits per heavy atom. The Labute approximate surface area is 169 Å². The van der Waals surface area contributed by atoms with Gasteiger partial charge >= 0.3 is 6.03 Å². The number of hydrogen-bond acceptors (Lipinski definition) is 5. The lowest BCUT2D eigenvalue weighted by Gasteiger charge is -2.24. The van der Waals surface area contributed by atoms with Crippen molar-refractivity contribution in [3.63, 3.8) is 0 Å². The van der Waals surface area contributed by atoms with Gasteiger partial charge < -0.3 is 19.7 Å². The van der Waals surface area contributed by atoms with E-state index in [0.717, 1.165) is 4.90 Å². The third kappa shape index (κ3) is 3.61. The molecule has 2 aromatic carbocycles. The molecule has 1 fully saturated rings. The van der Waals surface area contributed by atoms with E-state index in [-0.39, 0.29) is 12.5 Å². The van der Waals surface area contributed by atoms with Crippen LogP contribution in [0.4, 0.5) is 10.5 Å². The monoisotopic (exact) mass is 397 g/mol. The largest absolute Gasteiger partial charge is 0.493 e. The van der Waals surface area contributed by atoms with Gasteiger partial charge in [-0.1, -0.05) is 24.3 Å². The van der Waals surface area contributed by atoms with Crippen molar-refractivity contribution in [1.82, 2.24) is 10.2 Å². The Bertz CT molecular complexity index is 947. The highest BCUT2D eigenvalue weighted by Gasteiger charge is 2.50. The number of ether oxygens (including phenoxy) is 2. The molecule has 0 radical (unpaired) electrons. The third-order valence-corrected chi connectivity index (χ3v) is 5.05. The normalized spacial score (nSPS) is 18.4. The Morgan fingerprint density at radius 1 is 1.07 bits per heavy atom. The van der Waals surface area contributed by atoms with Crippen molar-refractivity contribution in [2.24, 2.45) is 0 Å². The molecule has 1 aliphatic heterocycles. The van der Waals surface area contributed by atoms with Crippen molar-refractivity contribution in [3.8, 4) is 11.5 Å². The van der Waals surface area contributed by atoms with Crippen LogP contribution in [0.25, 0.3) is 0 Å². The number of anilines is 1. The molecule has 1 N–H and O–H groups in total. The van der Waals surface area contributed by atoms with Crippen molar-refractivity contribution in [2.45, 2.75) is 12.5 Å². The summed E-state index contributed by atoms with van der Waals surface area (Å²) in [7, 11) is 4.60. The van der Waals surface area contributed by atoms with Crippen LogP contribution in [0.5, 0.6) is 11.5 Å². The van der Waals surface area contributed by atoms with E-state index < -0.39 is 17.5 Å². The van der Waals surface area contributed by atoms with Crippen molar-refractivity contribution in [3.05, 3.63) is 54.1 Å². The fraction of sp³-hybridized carbons (Fsp3) is 0.286. The predicted octanol–water partition coefficient (Wildman–Crippen LogP) is 2.13. The maximum Gasteiger partial charge on any atom is 0.325 e. The summed E-state index contributed by atoms with van der Waals surface area (Å²) in [4.78, 5) is 40.6. The standard InChI is InChI=1S/C21H23N3O5/c1-21(14-10-11-16(28-3)17(12-14)29-4)19(26)24(20(27)22-21)13-18(25)23(2)15-8-6-5-7-9-15/h5-12H,13H2,1-4H3,(H,22,27)/t21-/m0/s1. The zero-order valence-corrected chi connectivity index (χ0v) is 16.8. The molecule has 3 rings (SSSR count). The van der Waals surface area contributed by atoms with Crippen LogP contribution in [0.15, 0.2) is 48.5 Å². The third-order valence-electron chi connectivity index (χ3n) is 5.05. The quantitative estimate of drug-likeness (QED) is 0.755. The van der Waals surface area contributed by atoms with Gasteiger partial charge in [-0.3, -0.25) is 14.5 Å². The van der Waals surface area contributed by atoms with E-state index in [1.807, 2.05) is 6.07 Å². The van der Waals surface area contributed by atoms with Gasteiger partial charge in [0, 0.05) is 12.7 Å². The summed E-state index contributed by atoms with van der Waals surface area (Å²) in [6, 6.07) is 13.4. The Hall–Kier alpha value is -3.55. The molecule has 152 valence electrons. The number of rotatable bonds is 6. The van der Waals surface area contributed by atoms with Crippen LogP contribution in [0.2, 0.25) is 0 Å². The maximum absolute atomic E-state index is 13.1. The van der Waals surface area contributed by atoms with E-state index in [1.54, 1.807) is 56.4 Å². The van der Waals surface area contributed by atoms with Crippen LogP contribution in [0.3, 0.4) is 0 Å². The number of imide groups is 1. The number of benzene rings is 2. The van der Waals surface area contributed by atoms with Crippen molar-refractivity contribution in [1.29, 1.82) is 0 Å². The van der Waals surface area contributed by atoms with E-state index in [9.17, 15) is 14.4 Å². The SMILES string of the molecule is COc1ccc([C@]2(C)NC(=O)N(CC(=O)N(C)c3ccccc3)C2=O)cc1OC. The molecule has 0 spiro atoms. The Balaban J connectivity index is 1.83. The molecule has 0 aromatic heterocycles. The maximum atomic E-state index is 13.1. The first-order valence-electron chi connectivity index (χ1n) is 9.00. The first kappa shape index (κ1) is 20.2. The average molecular weight is 397 g/mol. The van der Waals surface area contributed by atoms with Crippen molar-refractivity contribution in [2.75, 3.05) is 32.7 Å². The number of amides is 4. The van der Waals surface area contributed by atoms with Crippen LogP contribution >= 0.6 is 0 Å². The molecule has 4 amide bonds. The molecular formula is C21H23N3O5. The lowest BCUT2D eigenvalue weighted by Crippen LogP contribution is -2.43. The van der Waals surface area contributed by atoms with Gasteiger partial charge in [0.25, 0.3) is 5.91 Å². The molecular weight excluding hydrogens is 374 g/mol. The fourth-order valence-corrected chi connectivity index (χ4v) is 3.22. The predicted molar refractivity (Wildman–Crippen MR) is 107 cm³/mol. The highest BCUT2D eigenvalue weighted by Crippen LogP contribution is 2.35. The molecule has 1 aliphatic rings. The lowest BCUT2D eigenvalue weighted by molar-refractivity contribution is -0.134. The summed E-state index contributed by atoms with van der Waals surface area (Å²) in [5.74, 6) is 0.0561. The topological polar surface area (TPSA) is 88.2 Å². The molecule has 0 unspecified atom stereocenters. The van der Waals surface area contributed by atoms with Crippen LogP contribution in [0.1, 0.15) is 12.5 Å². The van der Waals surface area contributed by atoms with Gasteiger partial charge in [-0.15, -0.1) is 0 Å². The van der Waals surface area contributed by atoms with E-state index in [4.69, 9.17) is 9.47 Å². The number of likely N-dealkylation sites (N-methyl/N-ethyl adjacent to an activating group) is 1. The number of carbonyl (C=O) groups is 3. The van der Waals surface area contributed by atoms with Crippen LogP contribution in [-0.2, 0) is 15.1 Å². The molecule has 1 atom stereocenters. The molecule has 8 nitrogen and oxygen atoms in total. The second-order valence-corrected chi connectivity index (χ2v) is 6.80. The second-order valence-electron chi connectivity index (χ2n) is 6.80. The van der Waals surface area contributed by atoms with Gasteiger partial charge in [-0.25, -0.2) is 4.79 Å². The first-order chi connectivity index (χ1) is 13.8. The number of hydrogen-bond donors (Lipinski definition) is 1. The Kier molecular flexibility index (Phi) is 5.45. The number of nitrogens with one attached hydrogen (secondary N) is 1. The van der Waals surface area contributed by atoms with Crippen LogP contribution in [0, 0.1) is 0 Å². The molecule has 1 heterocycles. The zero-order valence-electron chi connectivity index (χ0n) is 16.8. The molecule has 0 bridgehead atoms. The average Bonchev–Trinajstić information content (AvgIpc) is 2.97. The summed E-state index contributed by atoms with van der Waals surface area (Å²) in [5.41, 5.74) is -0.116. The van der Waals surface area contributed by atoms with Gasteiger partial charge in [0.05, 0.1) is 14.2 Å². The summed E-state index contributed by atoms with van der Waals surface area (Å²) < 4.78 is 10.5. The minimum absolute atomic E-state index is 0.362. The summed E-state index contributed by atoms with van der Waals surface area (Å²) in [6.45, 7) is 1.23. The van der Waals surface area contributed by atoms with Gasteiger partial charge in [0.1, 0.15) is 12.1 Å². The van der Waals surface area contributed by atoms with Gasteiger partial charge in [0.2, 0.25) is 5.91 Å². The van der Waals surface area contributed by atoms with E-state index >= 15 is 0 Å². The molecule has 0 aliphatic carbocycles. The van der Waals surface area contributed by atoms with E-state index in [0.29, 0.717) is 22.7 Å². The Morgan fingerprint density at radius 3 is 2.34 bits per heavy atom.